The van der Waals surface area contributed by atoms with E-state index < -0.39 is 0 Å². The van der Waals surface area contributed by atoms with Gasteiger partial charge in [0.15, 0.2) is 0 Å². The molecule has 0 saturated heterocycles. The summed E-state index contributed by atoms with van der Waals surface area (Å²) in [6.45, 7) is 2.76. The van der Waals surface area contributed by atoms with Gasteiger partial charge in [-0.15, -0.1) is 0 Å². The predicted molar refractivity (Wildman–Crippen MR) is 78.2 cm³/mol. The largest absolute Gasteiger partial charge is 0.494 e. The first-order valence-corrected chi connectivity index (χ1v) is 8.06. The van der Waals surface area contributed by atoms with Gasteiger partial charge >= 0.3 is 0 Å². The van der Waals surface area contributed by atoms with E-state index in [1.807, 2.05) is 6.92 Å². The maximum Gasteiger partial charge on any atom is 0.119 e. The third-order valence-corrected chi connectivity index (χ3v) is 5.89. The summed E-state index contributed by atoms with van der Waals surface area (Å²) in [4.78, 5) is 0.531. The number of hydrogen-bond donors (Lipinski definition) is 0. The van der Waals surface area contributed by atoms with E-state index in [0.29, 0.717) is 4.83 Å². The molecule has 4 atom stereocenters. The third-order valence-electron chi connectivity index (χ3n) is 4.68. The second kappa shape index (κ2) is 5.24. The Balaban J connectivity index is 1.70. The average molecular weight is 309 g/mol. The van der Waals surface area contributed by atoms with Crippen LogP contribution in [-0.2, 0) is 0 Å². The molecule has 0 radical (unpaired) electrons. The van der Waals surface area contributed by atoms with Crippen LogP contribution in [0.15, 0.2) is 24.3 Å². The Morgan fingerprint density at radius 3 is 2.56 bits per heavy atom. The minimum Gasteiger partial charge on any atom is -0.494 e. The van der Waals surface area contributed by atoms with Crippen LogP contribution in [0.5, 0.6) is 5.75 Å². The van der Waals surface area contributed by atoms with E-state index in [9.17, 15) is 0 Å². The molecule has 0 heterocycles. The monoisotopic (exact) mass is 308 g/mol. The highest BCUT2D eigenvalue weighted by atomic mass is 79.9. The lowest BCUT2D eigenvalue weighted by Gasteiger charge is -2.27. The van der Waals surface area contributed by atoms with Gasteiger partial charge in [-0.25, -0.2) is 0 Å². The highest BCUT2D eigenvalue weighted by Crippen LogP contribution is 2.54. The first-order chi connectivity index (χ1) is 8.78. The summed E-state index contributed by atoms with van der Waals surface area (Å²) >= 11 is 3.94. The smallest absolute Gasteiger partial charge is 0.119 e. The summed E-state index contributed by atoms with van der Waals surface area (Å²) in [5.74, 6) is 3.81. The first kappa shape index (κ1) is 12.5. The van der Waals surface area contributed by atoms with E-state index in [2.05, 4.69) is 40.2 Å². The van der Waals surface area contributed by atoms with Crippen LogP contribution < -0.4 is 4.74 Å². The average Bonchev–Trinajstić information content (AvgIpc) is 3.01. The number of rotatable bonds is 4. The molecule has 0 aliphatic heterocycles. The van der Waals surface area contributed by atoms with Crippen molar-refractivity contribution in [1.29, 1.82) is 0 Å². The van der Waals surface area contributed by atoms with Gasteiger partial charge in [-0.05, 0) is 61.6 Å². The van der Waals surface area contributed by atoms with Crippen LogP contribution in [0, 0.1) is 17.8 Å². The molecule has 1 aromatic rings. The van der Waals surface area contributed by atoms with Gasteiger partial charge in [0.05, 0.1) is 6.61 Å². The molecule has 0 amide bonds. The highest BCUT2D eigenvalue weighted by Gasteiger charge is 2.42. The highest BCUT2D eigenvalue weighted by molar-refractivity contribution is 9.09. The van der Waals surface area contributed by atoms with Crippen LogP contribution in [0.3, 0.4) is 0 Å². The van der Waals surface area contributed by atoms with E-state index in [1.54, 1.807) is 0 Å². The van der Waals surface area contributed by atoms with Crippen molar-refractivity contribution in [2.24, 2.45) is 17.8 Å². The van der Waals surface area contributed by atoms with Crippen molar-refractivity contribution in [2.75, 3.05) is 6.61 Å². The summed E-state index contributed by atoms with van der Waals surface area (Å²) < 4.78 is 5.50. The van der Waals surface area contributed by atoms with Crippen molar-refractivity contribution in [1.82, 2.24) is 0 Å². The Morgan fingerprint density at radius 1 is 1.22 bits per heavy atom. The van der Waals surface area contributed by atoms with Gasteiger partial charge in [-0.3, -0.25) is 0 Å². The molecule has 18 heavy (non-hydrogen) atoms. The Kier molecular flexibility index (Phi) is 3.65. The lowest BCUT2D eigenvalue weighted by Crippen LogP contribution is -2.15. The summed E-state index contributed by atoms with van der Waals surface area (Å²) in [6, 6.07) is 8.63. The summed E-state index contributed by atoms with van der Waals surface area (Å²) in [6.07, 6.45) is 5.83. The van der Waals surface area contributed by atoms with Crippen molar-refractivity contribution in [3.05, 3.63) is 29.8 Å². The molecule has 0 spiro atoms. The summed E-state index contributed by atoms with van der Waals surface area (Å²) in [7, 11) is 0. The zero-order valence-corrected chi connectivity index (χ0v) is 12.5. The van der Waals surface area contributed by atoms with Crippen LogP contribution in [0.2, 0.25) is 0 Å². The Hall–Kier alpha value is -0.500. The van der Waals surface area contributed by atoms with E-state index in [4.69, 9.17) is 4.74 Å². The van der Waals surface area contributed by atoms with Gasteiger partial charge < -0.3 is 4.74 Å². The molecule has 2 fully saturated rings. The minimum atomic E-state index is 0.531. The molecule has 0 aromatic heterocycles. The van der Waals surface area contributed by atoms with Crippen LogP contribution in [0.4, 0.5) is 0 Å². The van der Waals surface area contributed by atoms with Gasteiger partial charge in [0.2, 0.25) is 0 Å². The molecule has 1 aromatic carbocycles. The first-order valence-electron chi connectivity index (χ1n) is 7.14. The molecular weight excluding hydrogens is 288 g/mol. The SMILES string of the molecule is CCOc1ccc(C(Br)C2CC3CCC2C3)cc1. The van der Waals surface area contributed by atoms with E-state index in [0.717, 1.165) is 30.1 Å². The number of fused-ring (bicyclic) bond motifs is 2. The molecule has 2 saturated carbocycles. The zero-order valence-electron chi connectivity index (χ0n) is 10.9. The van der Waals surface area contributed by atoms with Crippen LogP contribution in [0.1, 0.15) is 43.0 Å². The molecule has 2 aliphatic rings. The van der Waals surface area contributed by atoms with E-state index >= 15 is 0 Å². The second-order valence-electron chi connectivity index (χ2n) is 5.74. The number of ether oxygens (including phenoxy) is 1. The molecule has 98 valence electrons. The second-order valence-corrected chi connectivity index (χ2v) is 6.73. The van der Waals surface area contributed by atoms with E-state index in [1.165, 1.54) is 31.2 Å². The lowest BCUT2D eigenvalue weighted by atomic mass is 9.84. The molecule has 1 nitrogen and oxygen atoms in total. The van der Waals surface area contributed by atoms with Crippen LogP contribution >= 0.6 is 15.9 Å². The Labute approximate surface area is 118 Å². The molecular formula is C16H21BrO. The fourth-order valence-electron chi connectivity index (χ4n) is 3.81. The molecule has 2 bridgehead atoms. The van der Waals surface area contributed by atoms with Gasteiger partial charge in [-0.1, -0.05) is 34.5 Å². The normalized spacial score (nSPS) is 31.6. The number of alkyl halides is 1. The lowest BCUT2D eigenvalue weighted by molar-refractivity contribution is 0.328. The standard InChI is InChI=1S/C16H21BrO/c1-2-18-14-7-5-12(6-8-14)16(17)15-10-11-3-4-13(15)9-11/h5-8,11,13,15-16H,2-4,9-10H2,1H3. The Bertz CT molecular complexity index is 400. The fourth-order valence-corrected chi connectivity index (χ4v) is 4.77. The third kappa shape index (κ3) is 2.32. The van der Waals surface area contributed by atoms with Gasteiger partial charge in [-0.2, -0.15) is 0 Å². The maximum atomic E-state index is 5.50. The van der Waals surface area contributed by atoms with Crippen molar-refractivity contribution in [2.45, 2.75) is 37.4 Å². The van der Waals surface area contributed by atoms with Gasteiger partial charge in [0.25, 0.3) is 0 Å². The molecule has 4 unspecified atom stereocenters. The molecule has 3 rings (SSSR count). The fraction of sp³-hybridized carbons (Fsp3) is 0.625. The van der Waals surface area contributed by atoms with Crippen molar-refractivity contribution in [3.63, 3.8) is 0 Å². The topological polar surface area (TPSA) is 9.23 Å². The van der Waals surface area contributed by atoms with Gasteiger partial charge in [0.1, 0.15) is 5.75 Å². The van der Waals surface area contributed by atoms with Crippen molar-refractivity contribution in [3.8, 4) is 5.75 Å². The quantitative estimate of drug-likeness (QED) is 0.714. The zero-order chi connectivity index (χ0) is 12.5. The number of halogens is 1. The van der Waals surface area contributed by atoms with Crippen LogP contribution in [-0.4, -0.2) is 6.61 Å². The molecule has 0 N–H and O–H groups in total. The summed E-state index contributed by atoms with van der Waals surface area (Å²) in [5.41, 5.74) is 1.41. The van der Waals surface area contributed by atoms with Crippen LogP contribution in [0.25, 0.3) is 0 Å². The maximum absolute atomic E-state index is 5.50. The van der Waals surface area contributed by atoms with Gasteiger partial charge in [0, 0.05) is 4.83 Å². The van der Waals surface area contributed by atoms with E-state index in [-0.39, 0.29) is 0 Å². The Morgan fingerprint density at radius 2 is 2.00 bits per heavy atom. The summed E-state index contributed by atoms with van der Waals surface area (Å²) in [5, 5.41) is 0. The number of benzene rings is 1. The predicted octanol–water partition coefficient (Wildman–Crippen LogP) is 4.96. The molecule has 2 heteroatoms. The minimum absolute atomic E-state index is 0.531. The van der Waals surface area contributed by atoms with Crippen molar-refractivity contribution >= 4 is 15.9 Å². The number of hydrogen-bond acceptors (Lipinski definition) is 1. The molecule has 2 aliphatic carbocycles. The van der Waals surface area contributed by atoms with Crippen molar-refractivity contribution < 1.29 is 4.74 Å².